The first kappa shape index (κ1) is 16.9. The monoisotopic (exact) mass is 312 g/mol. The van der Waals surface area contributed by atoms with Crippen LogP contribution >= 0.6 is 0 Å². The highest BCUT2D eigenvalue weighted by Crippen LogP contribution is 2.22. The highest BCUT2D eigenvalue weighted by Gasteiger charge is 2.36. The first-order valence-electron chi connectivity index (χ1n) is 6.73. The molecule has 1 rings (SSSR count). The Bertz CT molecular complexity index is 459. The number of rotatable bonds is 7. The molecule has 1 fully saturated rings. The zero-order valence-corrected chi connectivity index (χ0v) is 13.0. The summed E-state index contributed by atoms with van der Waals surface area (Å²) in [5.74, 6) is -0.0402. The number of nitrogens with zero attached hydrogens (tertiary/aromatic N) is 1. The summed E-state index contributed by atoms with van der Waals surface area (Å²) in [7, 11) is -6.43. The standard InChI is InChI=1S/C11H24N2O4S2/c1-2-7-13(8-3-6-12)19(16,17)11-4-9-18(14,15)10-5-11/h11H,2-10,12H2,1H3. The third-order valence-corrected chi connectivity index (χ3v) is 7.48. The van der Waals surface area contributed by atoms with E-state index in [1.54, 1.807) is 0 Å². The van der Waals surface area contributed by atoms with Crippen LogP contribution in [0.25, 0.3) is 0 Å². The van der Waals surface area contributed by atoms with E-state index in [4.69, 9.17) is 5.73 Å². The summed E-state index contributed by atoms with van der Waals surface area (Å²) in [5.41, 5.74) is 5.43. The first-order chi connectivity index (χ1) is 8.83. The van der Waals surface area contributed by atoms with Crippen molar-refractivity contribution in [2.45, 2.75) is 37.9 Å². The third kappa shape index (κ3) is 4.70. The summed E-state index contributed by atoms with van der Waals surface area (Å²) < 4.78 is 49.2. The largest absolute Gasteiger partial charge is 0.330 e. The maximum absolute atomic E-state index is 12.5. The number of sulfone groups is 1. The molecule has 0 saturated carbocycles. The molecule has 0 atom stereocenters. The van der Waals surface area contributed by atoms with Crippen LogP contribution in [0.4, 0.5) is 0 Å². The van der Waals surface area contributed by atoms with Crippen LogP contribution in [0.5, 0.6) is 0 Å². The summed E-state index contributed by atoms with van der Waals surface area (Å²) in [4.78, 5) is 0. The van der Waals surface area contributed by atoms with Crippen molar-refractivity contribution >= 4 is 19.9 Å². The lowest BCUT2D eigenvalue weighted by molar-refractivity contribution is 0.395. The molecule has 6 nitrogen and oxygen atoms in total. The van der Waals surface area contributed by atoms with Crippen LogP contribution in [-0.4, -0.2) is 57.5 Å². The van der Waals surface area contributed by atoms with Gasteiger partial charge in [-0.15, -0.1) is 0 Å². The maximum atomic E-state index is 12.5. The van der Waals surface area contributed by atoms with Crippen molar-refractivity contribution in [3.63, 3.8) is 0 Å². The van der Waals surface area contributed by atoms with E-state index in [0.29, 0.717) is 26.1 Å². The SMILES string of the molecule is CCCN(CCCN)S(=O)(=O)C1CCS(=O)(=O)CC1. The van der Waals surface area contributed by atoms with Gasteiger partial charge in [0, 0.05) is 13.1 Å². The van der Waals surface area contributed by atoms with Gasteiger partial charge in [-0.05, 0) is 32.2 Å². The van der Waals surface area contributed by atoms with Gasteiger partial charge in [0.2, 0.25) is 10.0 Å². The molecule has 0 bridgehead atoms. The van der Waals surface area contributed by atoms with Gasteiger partial charge in [0.05, 0.1) is 16.8 Å². The highest BCUT2D eigenvalue weighted by molar-refractivity contribution is 7.92. The maximum Gasteiger partial charge on any atom is 0.217 e. The Balaban J connectivity index is 2.76. The summed E-state index contributed by atoms with van der Waals surface area (Å²) in [6.45, 7) is 3.28. The van der Waals surface area contributed by atoms with E-state index in [0.717, 1.165) is 6.42 Å². The zero-order chi connectivity index (χ0) is 14.5. The summed E-state index contributed by atoms with van der Waals surface area (Å²) >= 11 is 0. The summed E-state index contributed by atoms with van der Waals surface area (Å²) in [6.07, 6.45) is 1.81. The fraction of sp³-hybridized carbons (Fsp3) is 1.00. The molecule has 1 aliphatic heterocycles. The van der Waals surface area contributed by atoms with Crippen molar-refractivity contribution < 1.29 is 16.8 Å². The Morgan fingerprint density at radius 1 is 1.21 bits per heavy atom. The molecular weight excluding hydrogens is 288 g/mol. The van der Waals surface area contributed by atoms with Crippen LogP contribution < -0.4 is 5.73 Å². The van der Waals surface area contributed by atoms with Gasteiger partial charge in [0.25, 0.3) is 0 Å². The Hall–Kier alpha value is -0.180. The minimum Gasteiger partial charge on any atom is -0.330 e. The fourth-order valence-corrected chi connectivity index (χ4v) is 6.12. The smallest absolute Gasteiger partial charge is 0.217 e. The van der Waals surface area contributed by atoms with Crippen molar-refractivity contribution in [2.75, 3.05) is 31.1 Å². The minimum absolute atomic E-state index is 0.0201. The van der Waals surface area contributed by atoms with E-state index in [1.165, 1.54) is 4.31 Å². The predicted molar refractivity (Wildman–Crippen MR) is 76.1 cm³/mol. The number of hydrogen-bond acceptors (Lipinski definition) is 5. The van der Waals surface area contributed by atoms with Crippen molar-refractivity contribution in [3.8, 4) is 0 Å². The quantitative estimate of drug-likeness (QED) is 0.711. The fourth-order valence-electron chi connectivity index (χ4n) is 2.26. The molecule has 0 spiro atoms. The Kier molecular flexibility index (Phi) is 6.22. The molecule has 1 heterocycles. The van der Waals surface area contributed by atoms with Crippen LogP contribution in [0.1, 0.15) is 32.6 Å². The van der Waals surface area contributed by atoms with Gasteiger partial charge in [0.15, 0.2) is 0 Å². The second-order valence-corrected chi connectivity index (χ2v) is 9.45. The first-order valence-corrected chi connectivity index (χ1v) is 10.1. The van der Waals surface area contributed by atoms with Crippen molar-refractivity contribution in [1.29, 1.82) is 0 Å². The molecule has 1 aliphatic rings. The second-order valence-electron chi connectivity index (χ2n) is 4.94. The average molecular weight is 312 g/mol. The van der Waals surface area contributed by atoms with E-state index in [9.17, 15) is 16.8 Å². The molecule has 0 aromatic rings. The Morgan fingerprint density at radius 3 is 2.26 bits per heavy atom. The molecule has 0 aromatic heterocycles. The molecule has 0 unspecified atom stereocenters. The molecule has 8 heteroatoms. The second kappa shape index (κ2) is 7.01. The van der Waals surface area contributed by atoms with Crippen molar-refractivity contribution in [3.05, 3.63) is 0 Å². The summed E-state index contributed by atoms with van der Waals surface area (Å²) in [6, 6.07) is 0. The predicted octanol–water partition coefficient (Wildman–Crippen LogP) is -0.0458. The number of hydrogen-bond donors (Lipinski definition) is 1. The van der Waals surface area contributed by atoms with Crippen molar-refractivity contribution in [2.24, 2.45) is 5.73 Å². The minimum atomic E-state index is -3.40. The lowest BCUT2D eigenvalue weighted by Crippen LogP contribution is -2.43. The molecule has 0 aliphatic carbocycles. The Labute approximate surface area is 116 Å². The van der Waals surface area contributed by atoms with Crippen LogP contribution in [0.2, 0.25) is 0 Å². The highest BCUT2D eigenvalue weighted by atomic mass is 32.2. The van der Waals surface area contributed by atoms with Crippen LogP contribution in [-0.2, 0) is 19.9 Å². The molecule has 2 N–H and O–H groups in total. The Morgan fingerprint density at radius 2 is 1.79 bits per heavy atom. The van der Waals surface area contributed by atoms with Gasteiger partial charge in [-0.1, -0.05) is 6.92 Å². The molecule has 0 radical (unpaired) electrons. The van der Waals surface area contributed by atoms with Gasteiger partial charge in [-0.25, -0.2) is 21.1 Å². The van der Waals surface area contributed by atoms with Crippen LogP contribution in [0, 0.1) is 0 Å². The van der Waals surface area contributed by atoms with E-state index in [2.05, 4.69) is 0 Å². The topological polar surface area (TPSA) is 97.5 Å². The average Bonchev–Trinajstić information content (AvgIpc) is 2.33. The van der Waals surface area contributed by atoms with Gasteiger partial charge in [-0.2, -0.15) is 0 Å². The van der Waals surface area contributed by atoms with Crippen LogP contribution in [0.3, 0.4) is 0 Å². The molecular formula is C11H24N2O4S2. The molecule has 114 valence electrons. The molecule has 0 aromatic carbocycles. The molecule has 1 saturated heterocycles. The van der Waals surface area contributed by atoms with E-state index < -0.39 is 25.1 Å². The van der Waals surface area contributed by atoms with E-state index in [-0.39, 0.29) is 24.3 Å². The van der Waals surface area contributed by atoms with E-state index >= 15 is 0 Å². The van der Waals surface area contributed by atoms with E-state index in [1.807, 2.05) is 6.92 Å². The van der Waals surface area contributed by atoms with Gasteiger partial charge in [-0.3, -0.25) is 0 Å². The van der Waals surface area contributed by atoms with Gasteiger partial charge >= 0.3 is 0 Å². The summed E-state index contributed by atoms with van der Waals surface area (Å²) in [5, 5.41) is -0.555. The molecule has 19 heavy (non-hydrogen) atoms. The third-order valence-electron chi connectivity index (χ3n) is 3.37. The number of sulfonamides is 1. The lowest BCUT2D eigenvalue weighted by Gasteiger charge is -2.29. The normalized spacial score (nSPS) is 20.8. The zero-order valence-electron chi connectivity index (χ0n) is 11.4. The number of nitrogens with two attached hydrogens (primary N) is 1. The molecule has 0 amide bonds. The van der Waals surface area contributed by atoms with Gasteiger partial charge < -0.3 is 5.73 Å². The van der Waals surface area contributed by atoms with Crippen molar-refractivity contribution in [1.82, 2.24) is 4.31 Å². The van der Waals surface area contributed by atoms with Crippen LogP contribution in [0.15, 0.2) is 0 Å². The lowest BCUT2D eigenvalue weighted by atomic mass is 10.2. The van der Waals surface area contributed by atoms with Gasteiger partial charge in [0.1, 0.15) is 9.84 Å².